The summed E-state index contributed by atoms with van der Waals surface area (Å²) in [6.07, 6.45) is 4.56. The van der Waals surface area contributed by atoms with E-state index in [0.717, 1.165) is 45.8 Å². The first-order valence-corrected chi connectivity index (χ1v) is 14.9. The van der Waals surface area contributed by atoms with Crippen LogP contribution in [0.1, 0.15) is 53.1 Å². The molecule has 5 aromatic rings. The SMILES string of the molecule is Cc1ccc(-c2c(C)nn3c(NCc4cccc(-c5nccn5C)c4)cc(C(C)(C)O)nc23)cc1C(=O)N(C)C1CCOC1. The molecule has 10 heteroatoms. The molecule has 1 atom stereocenters. The van der Waals surface area contributed by atoms with Crippen molar-refractivity contribution in [1.29, 1.82) is 0 Å². The van der Waals surface area contributed by atoms with Crippen molar-refractivity contribution >= 4 is 17.4 Å². The van der Waals surface area contributed by atoms with Crippen LogP contribution in [0.5, 0.6) is 0 Å². The maximum absolute atomic E-state index is 13.6. The van der Waals surface area contributed by atoms with Gasteiger partial charge in [0.2, 0.25) is 0 Å². The molecule has 0 bridgehead atoms. The predicted molar refractivity (Wildman–Crippen MR) is 170 cm³/mol. The second-order valence-corrected chi connectivity index (χ2v) is 12.2. The molecule has 3 aromatic heterocycles. The van der Waals surface area contributed by atoms with Crippen molar-refractivity contribution < 1.29 is 14.6 Å². The van der Waals surface area contributed by atoms with Crippen molar-refractivity contribution in [2.24, 2.45) is 7.05 Å². The predicted octanol–water partition coefficient (Wildman–Crippen LogP) is 5.11. The highest BCUT2D eigenvalue weighted by Gasteiger charge is 2.27. The highest BCUT2D eigenvalue weighted by atomic mass is 16.5. The molecular formula is C34H39N7O3. The van der Waals surface area contributed by atoms with Crippen molar-refractivity contribution in [3.8, 4) is 22.5 Å². The van der Waals surface area contributed by atoms with Crippen LogP contribution in [-0.4, -0.2) is 66.4 Å². The first kappa shape index (κ1) is 29.5. The van der Waals surface area contributed by atoms with Crippen LogP contribution >= 0.6 is 0 Å². The number of imidazole rings is 1. The number of hydrogen-bond donors (Lipinski definition) is 2. The number of carbonyl (C=O) groups excluding carboxylic acids is 1. The average Bonchev–Trinajstić information content (AvgIpc) is 3.75. The van der Waals surface area contributed by atoms with Crippen LogP contribution in [0.4, 0.5) is 5.82 Å². The summed E-state index contributed by atoms with van der Waals surface area (Å²) in [5.41, 5.74) is 6.00. The number of hydrogen-bond acceptors (Lipinski definition) is 7. The van der Waals surface area contributed by atoms with Crippen molar-refractivity contribution in [1.82, 2.24) is 29.0 Å². The first-order chi connectivity index (χ1) is 21.0. The highest BCUT2D eigenvalue weighted by molar-refractivity contribution is 5.97. The van der Waals surface area contributed by atoms with Crippen LogP contribution < -0.4 is 5.32 Å². The molecule has 1 unspecified atom stereocenters. The molecule has 0 spiro atoms. The maximum Gasteiger partial charge on any atom is 0.254 e. The number of aryl methyl sites for hydroxylation is 3. The van der Waals surface area contributed by atoms with E-state index >= 15 is 0 Å². The Bertz CT molecular complexity index is 1840. The smallest absolute Gasteiger partial charge is 0.254 e. The van der Waals surface area contributed by atoms with Crippen molar-refractivity contribution in [2.45, 2.75) is 52.3 Å². The molecule has 6 rings (SSSR count). The van der Waals surface area contributed by atoms with Gasteiger partial charge < -0.3 is 24.6 Å². The standard InChI is InChI=1S/C34H39N7O3/c1-21-10-11-24(17-27(21)33(42)40(6)26-12-15-44-20-26)30-22(2)38-41-29(18-28(34(3,4)43)37-32(30)41)36-19-23-8-7-9-25(16-23)31-35-13-14-39(31)5/h7-11,13-14,16-18,26,36,43H,12,15,19-20H2,1-6H3. The van der Waals surface area contributed by atoms with Crippen LogP contribution in [0.3, 0.4) is 0 Å². The molecule has 10 nitrogen and oxygen atoms in total. The van der Waals surface area contributed by atoms with E-state index in [0.29, 0.717) is 42.5 Å². The molecule has 44 heavy (non-hydrogen) atoms. The number of amides is 1. The summed E-state index contributed by atoms with van der Waals surface area (Å²) in [7, 11) is 3.82. The van der Waals surface area contributed by atoms with E-state index in [-0.39, 0.29) is 11.9 Å². The Morgan fingerprint density at radius 2 is 1.98 bits per heavy atom. The molecule has 1 fully saturated rings. The van der Waals surface area contributed by atoms with E-state index in [2.05, 4.69) is 22.4 Å². The topological polar surface area (TPSA) is 110 Å². The second-order valence-electron chi connectivity index (χ2n) is 12.2. The molecular weight excluding hydrogens is 554 g/mol. The monoisotopic (exact) mass is 593 g/mol. The van der Waals surface area contributed by atoms with E-state index in [1.54, 1.807) is 29.5 Å². The van der Waals surface area contributed by atoms with Gasteiger partial charge in [-0.3, -0.25) is 4.79 Å². The van der Waals surface area contributed by atoms with Crippen molar-refractivity contribution in [2.75, 3.05) is 25.6 Å². The normalized spacial score (nSPS) is 15.2. The lowest BCUT2D eigenvalue weighted by molar-refractivity contribution is 0.0709. The Morgan fingerprint density at radius 1 is 1.16 bits per heavy atom. The van der Waals surface area contributed by atoms with Gasteiger partial charge in [-0.15, -0.1) is 0 Å². The Morgan fingerprint density at radius 3 is 2.68 bits per heavy atom. The summed E-state index contributed by atoms with van der Waals surface area (Å²) in [5.74, 6) is 1.57. The summed E-state index contributed by atoms with van der Waals surface area (Å²) in [5, 5.41) is 19.4. The fraction of sp³-hybridized carbons (Fsp3) is 0.353. The lowest BCUT2D eigenvalue weighted by Gasteiger charge is -2.24. The molecule has 1 aliphatic rings. The number of rotatable bonds is 8. The fourth-order valence-electron chi connectivity index (χ4n) is 5.75. The van der Waals surface area contributed by atoms with Crippen LogP contribution in [0.25, 0.3) is 28.2 Å². The van der Waals surface area contributed by atoms with Crippen molar-refractivity contribution in [3.05, 3.63) is 89.0 Å². The number of likely N-dealkylation sites (N-methyl/N-ethyl adjacent to an activating group) is 1. The van der Waals surface area contributed by atoms with Gasteiger partial charge in [-0.1, -0.05) is 30.3 Å². The molecule has 0 aliphatic carbocycles. The van der Waals surface area contributed by atoms with E-state index < -0.39 is 5.60 Å². The average molecular weight is 594 g/mol. The van der Waals surface area contributed by atoms with Gasteiger partial charge in [0.15, 0.2) is 5.65 Å². The van der Waals surface area contributed by atoms with Crippen LogP contribution in [-0.2, 0) is 23.9 Å². The molecule has 0 saturated carbocycles. The van der Waals surface area contributed by atoms with Gasteiger partial charge in [0.05, 0.1) is 24.0 Å². The molecule has 2 N–H and O–H groups in total. The third kappa shape index (κ3) is 5.58. The number of fused-ring (bicyclic) bond motifs is 1. The minimum atomic E-state index is -1.19. The van der Waals surface area contributed by atoms with Gasteiger partial charge in [-0.2, -0.15) is 9.61 Å². The van der Waals surface area contributed by atoms with Gasteiger partial charge in [0.1, 0.15) is 17.2 Å². The third-order valence-corrected chi connectivity index (χ3v) is 8.40. The third-order valence-electron chi connectivity index (χ3n) is 8.40. The molecule has 1 amide bonds. The van der Waals surface area contributed by atoms with E-state index in [9.17, 15) is 9.90 Å². The summed E-state index contributed by atoms with van der Waals surface area (Å²) in [6.45, 7) is 9.09. The zero-order valence-electron chi connectivity index (χ0n) is 26.1. The van der Waals surface area contributed by atoms with Crippen LogP contribution in [0.15, 0.2) is 60.9 Å². The Kier molecular flexibility index (Phi) is 7.73. The quantitative estimate of drug-likeness (QED) is 0.257. The maximum atomic E-state index is 13.6. The zero-order valence-corrected chi connectivity index (χ0v) is 26.1. The molecule has 2 aromatic carbocycles. The molecule has 1 saturated heterocycles. The van der Waals surface area contributed by atoms with E-state index in [1.165, 1.54) is 0 Å². The molecule has 1 aliphatic heterocycles. The van der Waals surface area contributed by atoms with E-state index in [1.807, 2.05) is 75.1 Å². The number of nitrogens with zero attached hydrogens (tertiary/aromatic N) is 6. The zero-order chi connectivity index (χ0) is 31.2. The van der Waals surface area contributed by atoms with Gasteiger partial charge in [-0.25, -0.2) is 9.97 Å². The molecule has 4 heterocycles. The number of ether oxygens (including phenoxy) is 1. The van der Waals surface area contributed by atoms with Gasteiger partial charge in [-0.05, 0) is 62.9 Å². The number of benzene rings is 2. The summed E-state index contributed by atoms with van der Waals surface area (Å²) in [4.78, 5) is 24.8. The van der Waals surface area contributed by atoms with Gasteiger partial charge in [0, 0.05) is 62.4 Å². The Labute approximate surface area is 257 Å². The van der Waals surface area contributed by atoms with Gasteiger partial charge >= 0.3 is 0 Å². The minimum absolute atomic E-state index is 0.0331. The molecule has 228 valence electrons. The first-order valence-electron chi connectivity index (χ1n) is 14.9. The van der Waals surface area contributed by atoms with Crippen LogP contribution in [0, 0.1) is 13.8 Å². The number of carbonyl (C=O) groups is 1. The van der Waals surface area contributed by atoms with Gasteiger partial charge in [0.25, 0.3) is 5.91 Å². The largest absolute Gasteiger partial charge is 0.384 e. The highest BCUT2D eigenvalue weighted by Crippen LogP contribution is 2.33. The summed E-state index contributed by atoms with van der Waals surface area (Å²) < 4.78 is 9.30. The number of anilines is 1. The Balaban J connectivity index is 1.38. The number of aromatic nitrogens is 5. The molecule has 0 radical (unpaired) electrons. The van der Waals surface area contributed by atoms with Crippen LogP contribution in [0.2, 0.25) is 0 Å². The lowest BCUT2D eigenvalue weighted by atomic mass is 9.98. The van der Waals surface area contributed by atoms with Crippen molar-refractivity contribution in [3.63, 3.8) is 0 Å². The number of aliphatic hydroxyl groups is 1. The number of nitrogens with one attached hydrogen (secondary N) is 1. The Hall–Kier alpha value is -4.54. The van der Waals surface area contributed by atoms with E-state index in [4.69, 9.17) is 14.8 Å². The minimum Gasteiger partial charge on any atom is -0.384 e. The second kappa shape index (κ2) is 11.5. The lowest BCUT2D eigenvalue weighted by Crippen LogP contribution is -2.37. The summed E-state index contributed by atoms with van der Waals surface area (Å²) >= 11 is 0. The fourth-order valence-corrected chi connectivity index (χ4v) is 5.75. The summed E-state index contributed by atoms with van der Waals surface area (Å²) in [6, 6.07) is 16.1.